The molecule has 0 aromatic carbocycles. The van der Waals surface area contributed by atoms with Crippen molar-refractivity contribution < 1.29 is 4.42 Å². The molecule has 0 aliphatic carbocycles. The summed E-state index contributed by atoms with van der Waals surface area (Å²) in [6, 6.07) is 3.79. The molecule has 0 aliphatic heterocycles. The number of aromatic nitrogens is 2. The van der Waals surface area contributed by atoms with Crippen LogP contribution in [0.25, 0.3) is 11.0 Å². The Morgan fingerprint density at radius 2 is 2.29 bits per heavy atom. The van der Waals surface area contributed by atoms with Gasteiger partial charge in [-0.2, -0.15) is 0 Å². The van der Waals surface area contributed by atoms with Gasteiger partial charge in [-0.1, -0.05) is 0 Å². The molecule has 0 radical (unpaired) electrons. The molecule has 86 valence electrons. The lowest BCUT2D eigenvalue weighted by molar-refractivity contribution is 0.615. The summed E-state index contributed by atoms with van der Waals surface area (Å²) in [6.45, 7) is 0.820. The highest BCUT2D eigenvalue weighted by molar-refractivity contribution is 7.07. The molecular weight excluding hydrogens is 234 g/mol. The average molecular weight is 245 g/mol. The number of pyridine rings is 1. The first kappa shape index (κ1) is 10.3. The predicted molar refractivity (Wildman–Crippen MR) is 68.3 cm³/mol. The van der Waals surface area contributed by atoms with Crippen molar-refractivity contribution >= 4 is 28.1 Å². The van der Waals surface area contributed by atoms with Crippen LogP contribution in [0, 0.1) is 0 Å². The summed E-state index contributed by atoms with van der Waals surface area (Å²) < 4.78 is 5.32. The molecule has 5 heteroatoms. The van der Waals surface area contributed by atoms with E-state index >= 15 is 0 Å². The zero-order chi connectivity index (χ0) is 11.5. The highest BCUT2D eigenvalue weighted by Gasteiger charge is 2.04. The monoisotopic (exact) mass is 245 g/mol. The van der Waals surface area contributed by atoms with Crippen LogP contribution in [0.15, 0.2) is 39.9 Å². The highest BCUT2D eigenvalue weighted by atomic mass is 32.1. The fraction of sp³-hybridized carbons (Fsp3) is 0.167. The number of furan rings is 1. The van der Waals surface area contributed by atoms with Gasteiger partial charge in [-0.05, 0) is 12.1 Å². The first-order valence-corrected chi connectivity index (χ1v) is 6.31. The molecule has 3 heterocycles. The minimum Gasteiger partial charge on any atom is -0.464 e. The fourth-order valence-electron chi connectivity index (χ4n) is 1.71. The molecule has 3 aromatic rings. The Balaban J connectivity index is 1.70. The second-order valence-corrected chi connectivity index (χ2v) is 4.37. The van der Waals surface area contributed by atoms with Crippen LogP contribution >= 0.6 is 11.3 Å². The summed E-state index contributed by atoms with van der Waals surface area (Å²) in [5.41, 5.74) is 3.82. The van der Waals surface area contributed by atoms with Gasteiger partial charge in [0.2, 0.25) is 0 Å². The van der Waals surface area contributed by atoms with Crippen molar-refractivity contribution in [3.63, 3.8) is 0 Å². The summed E-state index contributed by atoms with van der Waals surface area (Å²) in [6.07, 6.45) is 4.33. The van der Waals surface area contributed by atoms with Gasteiger partial charge in [-0.3, -0.25) is 0 Å². The van der Waals surface area contributed by atoms with Gasteiger partial charge in [0.1, 0.15) is 11.4 Å². The molecule has 0 amide bonds. The number of hydrogen-bond donors (Lipinski definition) is 1. The van der Waals surface area contributed by atoms with Gasteiger partial charge < -0.3 is 9.73 Å². The lowest BCUT2D eigenvalue weighted by Crippen LogP contribution is -2.06. The third kappa shape index (κ3) is 2.14. The number of thiazole rings is 1. The van der Waals surface area contributed by atoms with E-state index in [4.69, 9.17) is 4.42 Å². The normalized spacial score (nSPS) is 10.8. The Hall–Kier alpha value is -1.88. The Labute approximate surface area is 102 Å². The van der Waals surface area contributed by atoms with Gasteiger partial charge in [-0.15, -0.1) is 11.3 Å². The van der Waals surface area contributed by atoms with Crippen LogP contribution in [-0.2, 0) is 6.42 Å². The van der Waals surface area contributed by atoms with Crippen LogP contribution in [-0.4, -0.2) is 16.5 Å². The lowest BCUT2D eigenvalue weighted by Gasteiger charge is -2.04. The molecule has 4 nitrogen and oxygen atoms in total. The van der Waals surface area contributed by atoms with Gasteiger partial charge in [0.25, 0.3) is 0 Å². The van der Waals surface area contributed by atoms with Gasteiger partial charge >= 0.3 is 0 Å². The smallest absolute Gasteiger partial charge is 0.139 e. The first-order valence-electron chi connectivity index (χ1n) is 5.36. The molecule has 0 saturated carbocycles. The second-order valence-electron chi connectivity index (χ2n) is 3.65. The summed E-state index contributed by atoms with van der Waals surface area (Å²) in [7, 11) is 0. The molecule has 1 N–H and O–H groups in total. The van der Waals surface area contributed by atoms with E-state index in [1.54, 1.807) is 23.8 Å². The standard InChI is InChI=1S/C12H11N3OS/c1(9-7-17-8-15-9)4-13-12-10-3-6-16-11(10)2-5-14-12/h2-3,5-8H,1,4H2,(H,13,14). The maximum atomic E-state index is 5.32. The Kier molecular flexibility index (Phi) is 2.75. The Morgan fingerprint density at radius 3 is 3.18 bits per heavy atom. The molecule has 17 heavy (non-hydrogen) atoms. The maximum absolute atomic E-state index is 5.32. The van der Waals surface area contributed by atoms with Crippen molar-refractivity contribution in [1.82, 2.24) is 9.97 Å². The number of hydrogen-bond acceptors (Lipinski definition) is 5. The molecule has 3 rings (SSSR count). The first-order chi connectivity index (χ1) is 8.43. The van der Waals surface area contributed by atoms with E-state index in [0.717, 1.165) is 35.4 Å². The van der Waals surface area contributed by atoms with Crippen LogP contribution < -0.4 is 5.32 Å². The third-order valence-corrected chi connectivity index (χ3v) is 3.17. The zero-order valence-corrected chi connectivity index (χ0v) is 9.91. The third-order valence-electron chi connectivity index (χ3n) is 2.54. The van der Waals surface area contributed by atoms with Crippen LogP contribution in [0.3, 0.4) is 0 Å². The fourth-order valence-corrected chi connectivity index (χ4v) is 2.30. The minimum atomic E-state index is 0.820. The SMILES string of the molecule is c1cc2occc2c(NCCc2cscn2)n1. The minimum absolute atomic E-state index is 0.820. The molecule has 0 saturated heterocycles. The van der Waals surface area contributed by atoms with E-state index in [-0.39, 0.29) is 0 Å². The molecule has 0 atom stereocenters. The van der Waals surface area contributed by atoms with Crippen molar-refractivity contribution in [2.45, 2.75) is 6.42 Å². The summed E-state index contributed by atoms with van der Waals surface area (Å²) in [5.74, 6) is 0.867. The molecular formula is C12H11N3OS. The largest absolute Gasteiger partial charge is 0.464 e. The van der Waals surface area contributed by atoms with Crippen molar-refractivity contribution in [3.8, 4) is 0 Å². The summed E-state index contributed by atoms with van der Waals surface area (Å²) in [4.78, 5) is 8.55. The Bertz CT molecular complexity index is 603. The zero-order valence-electron chi connectivity index (χ0n) is 9.09. The quantitative estimate of drug-likeness (QED) is 0.767. The molecule has 0 unspecified atom stereocenters. The van der Waals surface area contributed by atoms with Crippen molar-refractivity contribution in [3.05, 3.63) is 41.2 Å². The topological polar surface area (TPSA) is 51.0 Å². The maximum Gasteiger partial charge on any atom is 0.139 e. The molecule has 0 fully saturated rings. The van der Waals surface area contributed by atoms with Gasteiger partial charge in [0.15, 0.2) is 0 Å². The molecule has 0 bridgehead atoms. The predicted octanol–water partition coefficient (Wildman–Crippen LogP) is 2.94. The number of anilines is 1. The van der Waals surface area contributed by atoms with E-state index in [9.17, 15) is 0 Å². The molecule has 0 spiro atoms. The second kappa shape index (κ2) is 4.55. The van der Waals surface area contributed by atoms with Gasteiger partial charge in [-0.25, -0.2) is 9.97 Å². The number of nitrogens with zero attached hydrogens (tertiary/aromatic N) is 2. The van der Waals surface area contributed by atoms with Gasteiger partial charge in [0.05, 0.1) is 22.9 Å². The Morgan fingerprint density at radius 1 is 1.29 bits per heavy atom. The van der Waals surface area contributed by atoms with Crippen LogP contribution in [0.5, 0.6) is 0 Å². The van der Waals surface area contributed by atoms with Gasteiger partial charge in [0, 0.05) is 24.5 Å². The number of fused-ring (bicyclic) bond motifs is 1. The summed E-state index contributed by atoms with van der Waals surface area (Å²) >= 11 is 1.62. The lowest BCUT2D eigenvalue weighted by atomic mass is 10.3. The average Bonchev–Trinajstić information content (AvgIpc) is 2.99. The number of rotatable bonds is 4. The van der Waals surface area contributed by atoms with E-state index in [1.807, 2.05) is 17.6 Å². The number of nitrogens with one attached hydrogen (secondary N) is 1. The van der Waals surface area contributed by atoms with E-state index < -0.39 is 0 Å². The van der Waals surface area contributed by atoms with Crippen LogP contribution in [0.2, 0.25) is 0 Å². The summed E-state index contributed by atoms with van der Waals surface area (Å²) in [5, 5.41) is 6.39. The van der Waals surface area contributed by atoms with Crippen LogP contribution in [0.1, 0.15) is 5.69 Å². The van der Waals surface area contributed by atoms with E-state index in [2.05, 4.69) is 20.7 Å². The van der Waals surface area contributed by atoms with Crippen molar-refractivity contribution in [1.29, 1.82) is 0 Å². The van der Waals surface area contributed by atoms with Crippen LogP contribution in [0.4, 0.5) is 5.82 Å². The van der Waals surface area contributed by atoms with Crippen molar-refractivity contribution in [2.24, 2.45) is 0 Å². The van der Waals surface area contributed by atoms with E-state index in [0.29, 0.717) is 0 Å². The van der Waals surface area contributed by atoms with Crippen molar-refractivity contribution in [2.75, 3.05) is 11.9 Å². The molecule has 0 aliphatic rings. The highest BCUT2D eigenvalue weighted by Crippen LogP contribution is 2.21. The van der Waals surface area contributed by atoms with E-state index in [1.165, 1.54) is 0 Å². The molecule has 3 aromatic heterocycles.